The molecule has 31 heavy (non-hydrogen) atoms. The number of benzene rings is 2. The number of rotatable bonds is 6. The van der Waals surface area contributed by atoms with Crippen LogP contribution in [-0.4, -0.2) is 33.2 Å². The molecule has 0 saturated heterocycles. The average Bonchev–Trinajstić information content (AvgIpc) is 3.47. The van der Waals surface area contributed by atoms with Gasteiger partial charge < -0.3 is 22.2 Å². The summed E-state index contributed by atoms with van der Waals surface area (Å²) in [5, 5.41) is 15.1. The molecule has 2 aromatic carbocycles. The van der Waals surface area contributed by atoms with Crippen molar-refractivity contribution in [2.45, 2.75) is 32.7 Å². The van der Waals surface area contributed by atoms with E-state index >= 15 is 0 Å². The molecule has 1 aromatic heterocycles. The number of nitrogens with one attached hydrogen (secondary N) is 2. The number of amides is 1. The van der Waals surface area contributed by atoms with Crippen molar-refractivity contribution in [2.24, 2.45) is 0 Å². The van der Waals surface area contributed by atoms with Crippen molar-refractivity contribution in [3.63, 3.8) is 0 Å². The first-order valence-corrected chi connectivity index (χ1v) is 10.0. The summed E-state index contributed by atoms with van der Waals surface area (Å²) in [7, 11) is 0. The van der Waals surface area contributed by atoms with Gasteiger partial charge in [-0.05, 0) is 62.6 Å². The van der Waals surface area contributed by atoms with Gasteiger partial charge in [0, 0.05) is 34.1 Å². The number of carbonyl (C=O) groups is 2. The van der Waals surface area contributed by atoms with Crippen LogP contribution in [0.3, 0.4) is 0 Å². The van der Waals surface area contributed by atoms with E-state index in [0.717, 1.165) is 18.4 Å². The Morgan fingerprint density at radius 3 is 2.48 bits per heavy atom. The zero-order valence-corrected chi connectivity index (χ0v) is 17.4. The Labute approximate surface area is 179 Å². The molecule has 1 fully saturated rings. The molecular formula is C23H24N6O2. The van der Waals surface area contributed by atoms with Crippen LogP contribution in [0, 0.1) is 12.3 Å². The SMILES string of the molecule is CC(=N)c1cc(C(=O)c2cnn(-c3cc(C(=O)NC4CC4)ccc3C)c2N)ccc1N. The van der Waals surface area contributed by atoms with Crippen LogP contribution in [0.5, 0.6) is 0 Å². The van der Waals surface area contributed by atoms with Gasteiger partial charge in [0.1, 0.15) is 5.82 Å². The lowest BCUT2D eigenvalue weighted by Gasteiger charge is -2.11. The highest BCUT2D eigenvalue weighted by atomic mass is 16.1. The number of aryl methyl sites for hydroxylation is 1. The summed E-state index contributed by atoms with van der Waals surface area (Å²) in [6, 6.07) is 10.4. The number of nitrogens with two attached hydrogens (primary N) is 2. The molecule has 3 aromatic rings. The monoisotopic (exact) mass is 416 g/mol. The van der Waals surface area contributed by atoms with Crippen LogP contribution in [0.15, 0.2) is 42.6 Å². The van der Waals surface area contributed by atoms with Gasteiger partial charge in [-0.25, -0.2) is 4.68 Å². The summed E-state index contributed by atoms with van der Waals surface area (Å²) >= 11 is 0. The van der Waals surface area contributed by atoms with Crippen LogP contribution < -0.4 is 16.8 Å². The maximum atomic E-state index is 13.1. The molecule has 158 valence electrons. The van der Waals surface area contributed by atoms with Crippen molar-refractivity contribution in [1.29, 1.82) is 5.41 Å². The molecule has 8 nitrogen and oxygen atoms in total. The fourth-order valence-corrected chi connectivity index (χ4v) is 3.38. The van der Waals surface area contributed by atoms with E-state index in [0.29, 0.717) is 28.1 Å². The number of carbonyl (C=O) groups excluding carboxylic acids is 2. The van der Waals surface area contributed by atoms with Crippen molar-refractivity contribution in [3.05, 3.63) is 70.4 Å². The Morgan fingerprint density at radius 1 is 1.10 bits per heavy atom. The molecular weight excluding hydrogens is 392 g/mol. The Hall–Kier alpha value is -3.94. The Balaban J connectivity index is 1.68. The highest BCUT2D eigenvalue weighted by Gasteiger charge is 2.25. The van der Waals surface area contributed by atoms with Gasteiger partial charge in [-0.15, -0.1) is 0 Å². The van der Waals surface area contributed by atoms with Gasteiger partial charge in [0.15, 0.2) is 5.78 Å². The molecule has 1 saturated carbocycles. The van der Waals surface area contributed by atoms with Crippen LogP contribution in [0.2, 0.25) is 0 Å². The predicted octanol–water partition coefficient (Wildman–Crippen LogP) is 2.86. The van der Waals surface area contributed by atoms with E-state index in [2.05, 4.69) is 10.4 Å². The maximum Gasteiger partial charge on any atom is 0.251 e. The Bertz CT molecular complexity index is 1220. The molecule has 1 amide bonds. The van der Waals surface area contributed by atoms with Gasteiger partial charge in [0.2, 0.25) is 0 Å². The molecule has 0 spiro atoms. The minimum absolute atomic E-state index is 0.137. The zero-order valence-electron chi connectivity index (χ0n) is 17.4. The lowest BCUT2D eigenvalue weighted by molar-refractivity contribution is 0.0950. The van der Waals surface area contributed by atoms with Gasteiger partial charge in [-0.3, -0.25) is 9.59 Å². The van der Waals surface area contributed by atoms with Crippen molar-refractivity contribution in [3.8, 4) is 5.69 Å². The number of ketones is 1. The van der Waals surface area contributed by atoms with Crippen molar-refractivity contribution in [2.75, 3.05) is 11.5 Å². The first-order chi connectivity index (χ1) is 14.8. The van der Waals surface area contributed by atoms with E-state index in [4.69, 9.17) is 16.9 Å². The summed E-state index contributed by atoms with van der Waals surface area (Å²) in [4.78, 5) is 25.5. The number of hydrogen-bond donors (Lipinski definition) is 4. The van der Waals surface area contributed by atoms with Gasteiger partial charge >= 0.3 is 0 Å². The highest BCUT2D eigenvalue weighted by Crippen LogP contribution is 2.25. The molecule has 0 radical (unpaired) electrons. The summed E-state index contributed by atoms with van der Waals surface area (Å²) in [5.74, 6) is -0.272. The lowest BCUT2D eigenvalue weighted by atomic mass is 10.00. The summed E-state index contributed by atoms with van der Waals surface area (Å²) in [5.41, 5.74) is 16.0. The third kappa shape index (κ3) is 3.92. The number of aromatic nitrogens is 2. The van der Waals surface area contributed by atoms with E-state index in [-0.39, 0.29) is 34.8 Å². The number of nitrogens with zero attached hydrogens (tertiary/aromatic N) is 2. The quantitative estimate of drug-likeness (QED) is 0.278. The second kappa shape index (κ2) is 7.71. The predicted molar refractivity (Wildman–Crippen MR) is 120 cm³/mol. The Morgan fingerprint density at radius 2 is 1.81 bits per heavy atom. The summed E-state index contributed by atoms with van der Waals surface area (Å²) in [6.45, 7) is 3.50. The first kappa shape index (κ1) is 20.3. The van der Waals surface area contributed by atoms with E-state index in [1.165, 1.54) is 10.9 Å². The normalized spacial score (nSPS) is 13.1. The summed E-state index contributed by atoms with van der Waals surface area (Å²) in [6.07, 6.45) is 3.43. The molecule has 1 aliphatic rings. The molecule has 0 unspecified atom stereocenters. The molecule has 8 heteroatoms. The van der Waals surface area contributed by atoms with Crippen molar-refractivity contribution >= 4 is 28.9 Å². The largest absolute Gasteiger partial charge is 0.398 e. The van der Waals surface area contributed by atoms with E-state index in [9.17, 15) is 9.59 Å². The Kier molecular flexibility index (Phi) is 5.06. The smallest absolute Gasteiger partial charge is 0.251 e. The molecule has 0 atom stereocenters. The van der Waals surface area contributed by atoms with Gasteiger partial charge in [0.05, 0.1) is 17.4 Å². The highest BCUT2D eigenvalue weighted by molar-refractivity contribution is 6.13. The molecule has 0 aliphatic heterocycles. The third-order valence-electron chi connectivity index (χ3n) is 5.38. The first-order valence-electron chi connectivity index (χ1n) is 10.0. The fraction of sp³-hybridized carbons (Fsp3) is 0.217. The minimum Gasteiger partial charge on any atom is -0.398 e. The topological polar surface area (TPSA) is 140 Å². The lowest BCUT2D eigenvalue weighted by Crippen LogP contribution is -2.25. The van der Waals surface area contributed by atoms with Crippen LogP contribution in [-0.2, 0) is 0 Å². The number of hydrogen-bond acceptors (Lipinski definition) is 6. The molecule has 1 heterocycles. The number of anilines is 2. The summed E-state index contributed by atoms with van der Waals surface area (Å²) < 4.78 is 1.47. The third-order valence-corrected chi connectivity index (χ3v) is 5.38. The van der Waals surface area contributed by atoms with E-state index in [1.807, 2.05) is 13.0 Å². The van der Waals surface area contributed by atoms with E-state index < -0.39 is 0 Å². The fourth-order valence-electron chi connectivity index (χ4n) is 3.38. The second-order valence-corrected chi connectivity index (χ2v) is 7.86. The van der Waals surface area contributed by atoms with Crippen LogP contribution >= 0.6 is 0 Å². The van der Waals surface area contributed by atoms with Crippen LogP contribution in [0.1, 0.15) is 57.2 Å². The van der Waals surface area contributed by atoms with E-state index in [1.54, 1.807) is 37.3 Å². The van der Waals surface area contributed by atoms with Crippen LogP contribution in [0.4, 0.5) is 11.5 Å². The maximum absolute atomic E-state index is 13.1. The van der Waals surface area contributed by atoms with Gasteiger partial charge in [-0.1, -0.05) is 6.07 Å². The molecule has 4 rings (SSSR count). The zero-order chi connectivity index (χ0) is 22.3. The minimum atomic E-state index is -0.313. The second-order valence-electron chi connectivity index (χ2n) is 7.86. The standard InChI is InChI=1S/C23H24N6O2/c1-12-3-4-15(23(31)28-16-6-7-16)10-20(12)29-22(26)18(11-27-29)21(30)14-5-8-19(25)17(9-14)13(2)24/h3-5,8-11,16,24H,6-7,25-26H2,1-2H3,(H,28,31). The number of nitrogen functional groups attached to an aromatic ring is 2. The van der Waals surface area contributed by atoms with Crippen molar-refractivity contribution < 1.29 is 9.59 Å². The molecule has 6 N–H and O–H groups in total. The van der Waals surface area contributed by atoms with Gasteiger partial charge in [0.25, 0.3) is 5.91 Å². The van der Waals surface area contributed by atoms with Crippen molar-refractivity contribution in [1.82, 2.24) is 15.1 Å². The molecule has 0 bridgehead atoms. The van der Waals surface area contributed by atoms with Gasteiger partial charge in [-0.2, -0.15) is 5.10 Å². The van der Waals surface area contributed by atoms with Crippen LogP contribution in [0.25, 0.3) is 5.69 Å². The average molecular weight is 416 g/mol. The molecule has 1 aliphatic carbocycles.